The molecule has 1 aromatic heterocycles. The van der Waals surface area contributed by atoms with E-state index in [4.69, 9.17) is 0 Å². The standard InChI is InChI=1S/C15H20N4O2/c1-9(17-13(20)15(2)5-6-16-8-15)10-3-4-11-12(7-10)19-14(21)18-11/h3-4,7,9,16H,5-6,8H2,1-2H3,(H,17,20)(H2,18,19,21). The van der Waals surface area contributed by atoms with Crippen LogP contribution in [0.1, 0.15) is 31.9 Å². The normalized spacial score (nSPS) is 23.3. The smallest absolute Gasteiger partial charge is 0.323 e. The Balaban J connectivity index is 1.78. The van der Waals surface area contributed by atoms with E-state index in [0.29, 0.717) is 0 Å². The summed E-state index contributed by atoms with van der Waals surface area (Å²) in [6.45, 7) is 5.54. The zero-order valence-corrected chi connectivity index (χ0v) is 12.2. The van der Waals surface area contributed by atoms with Crippen molar-refractivity contribution >= 4 is 16.9 Å². The summed E-state index contributed by atoms with van der Waals surface area (Å²) in [5, 5.41) is 6.30. The van der Waals surface area contributed by atoms with E-state index in [1.807, 2.05) is 32.0 Å². The van der Waals surface area contributed by atoms with Gasteiger partial charge in [0, 0.05) is 6.54 Å². The molecule has 1 saturated heterocycles. The molecule has 1 aromatic carbocycles. The maximum Gasteiger partial charge on any atom is 0.323 e. The number of H-pyrrole nitrogens is 2. The van der Waals surface area contributed by atoms with Crippen molar-refractivity contribution in [2.45, 2.75) is 26.3 Å². The van der Waals surface area contributed by atoms with Crippen molar-refractivity contribution < 1.29 is 4.79 Å². The van der Waals surface area contributed by atoms with Crippen molar-refractivity contribution in [1.29, 1.82) is 0 Å². The summed E-state index contributed by atoms with van der Waals surface area (Å²) < 4.78 is 0. The van der Waals surface area contributed by atoms with E-state index in [-0.39, 0.29) is 23.1 Å². The van der Waals surface area contributed by atoms with Crippen LogP contribution in [0.25, 0.3) is 11.0 Å². The average molecular weight is 288 g/mol. The van der Waals surface area contributed by atoms with Crippen LogP contribution in [0.2, 0.25) is 0 Å². The number of aromatic amines is 2. The van der Waals surface area contributed by atoms with Gasteiger partial charge in [-0.2, -0.15) is 0 Å². The highest BCUT2D eigenvalue weighted by Gasteiger charge is 2.36. The van der Waals surface area contributed by atoms with Gasteiger partial charge in [-0.1, -0.05) is 6.07 Å². The van der Waals surface area contributed by atoms with Crippen molar-refractivity contribution in [3.63, 3.8) is 0 Å². The summed E-state index contributed by atoms with van der Waals surface area (Å²) in [7, 11) is 0. The number of benzene rings is 1. The Morgan fingerprint density at radius 1 is 1.33 bits per heavy atom. The fourth-order valence-corrected chi connectivity index (χ4v) is 2.78. The first-order chi connectivity index (χ1) is 9.98. The zero-order valence-electron chi connectivity index (χ0n) is 12.2. The number of nitrogens with one attached hydrogen (secondary N) is 4. The lowest BCUT2D eigenvalue weighted by atomic mass is 9.88. The quantitative estimate of drug-likeness (QED) is 0.680. The third kappa shape index (κ3) is 2.58. The molecule has 0 bridgehead atoms. The van der Waals surface area contributed by atoms with Crippen LogP contribution in [0.4, 0.5) is 0 Å². The number of rotatable bonds is 3. The Labute approximate surface area is 122 Å². The number of fused-ring (bicyclic) bond motifs is 1. The first kappa shape index (κ1) is 13.9. The van der Waals surface area contributed by atoms with Gasteiger partial charge in [-0.3, -0.25) is 4.79 Å². The second kappa shape index (κ2) is 5.04. The molecule has 2 aromatic rings. The largest absolute Gasteiger partial charge is 0.349 e. The van der Waals surface area contributed by atoms with Crippen molar-refractivity contribution in [1.82, 2.24) is 20.6 Å². The number of hydrogen-bond acceptors (Lipinski definition) is 3. The molecular weight excluding hydrogens is 268 g/mol. The van der Waals surface area contributed by atoms with Crippen LogP contribution in [0.15, 0.2) is 23.0 Å². The summed E-state index contributed by atoms with van der Waals surface area (Å²) in [4.78, 5) is 29.1. The van der Waals surface area contributed by atoms with Gasteiger partial charge in [0.1, 0.15) is 0 Å². The Morgan fingerprint density at radius 3 is 2.81 bits per heavy atom. The summed E-state index contributed by atoms with van der Waals surface area (Å²) >= 11 is 0. The van der Waals surface area contributed by atoms with Gasteiger partial charge in [0.2, 0.25) is 5.91 Å². The van der Waals surface area contributed by atoms with E-state index in [9.17, 15) is 9.59 Å². The summed E-state index contributed by atoms with van der Waals surface area (Å²) in [6, 6.07) is 5.57. The molecule has 21 heavy (non-hydrogen) atoms. The average Bonchev–Trinajstić information content (AvgIpc) is 3.03. The number of carbonyl (C=O) groups excluding carboxylic acids is 1. The molecule has 0 radical (unpaired) electrons. The number of carbonyl (C=O) groups is 1. The minimum Gasteiger partial charge on any atom is -0.349 e. The first-order valence-corrected chi connectivity index (χ1v) is 7.22. The molecule has 2 atom stereocenters. The minimum absolute atomic E-state index is 0.0719. The maximum atomic E-state index is 12.4. The van der Waals surface area contributed by atoms with E-state index in [1.54, 1.807) is 0 Å². The van der Waals surface area contributed by atoms with E-state index >= 15 is 0 Å². The molecule has 1 fully saturated rings. The lowest BCUT2D eigenvalue weighted by molar-refractivity contribution is -0.129. The van der Waals surface area contributed by atoms with Gasteiger partial charge < -0.3 is 20.6 Å². The van der Waals surface area contributed by atoms with E-state index in [0.717, 1.165) is 36.1 Å². The second-order valence-electron chi connectivity index (χ2n) is 6.07. The van der Waals surface area contributed by atoms with Crippen molar-refractivity contribution in [2.24, 2.45) is 5.41 Å². The van der Waals surface area contributed by atoms with Gasteiger partial charge in [-0.05, 0) is 44.5 Å². The molecule has 2 heterocycles. The van der Waals surface area contributed by atoms with Crippen molar-refractivity contribution in [3.05, 3.63) is 34.2 Å². The molecule has 3 rings (SSSR count). The SMILES string of the molecule is CC(NC(=O)C1(C)CCNC1)c1ccc2[nH]c(=O)[nH]c2c1. The Bertz CT molecular complexity index is 725. The molecule has 0 saturated carbocycles. The molecule has 1 amide bonds. The van der Waals surface area contributed by atoms with Gasteiger partial charge in [-0.25, -0.2) is 4.79 Å². The molecule has 4 N–H and O–H groups in total. The molecule has 0 spiro atoms. The molecule has 0 aliphatic carbocycles. The molecule has 1 aliphatic rings. The van der Waals surface area contributed by atoms with Crippen LogP contribution < -0.4 is 16.3 Å². The molecule has 6 nitrogen and oxygen atoms in total. The van der Waals surface area contributed by atoms with Gasteiger partial charge >= 0.3 is 5.69 Å². The molecule has 6 heteroatoms. The lowest BCUT2D eigenvalue weighted by Crippen LogP contribution is -2.41. The molecule has 1 aliphatic heterocycles. The fourth-order valence-electron chi connectivity index (χ4n) is 2.78. The van der Waals surface area contributed by atoms with Gasteiger partial charge in [0.25, 0.3) is 0 Å². The van der Waals surface area contributed by atoms with Crippen LogP contribution in [-0.2, 0) is 4.79 Å². The Kier molecular flexibility index (Phi) is 3.33. The van der Waals surface area contributed by atoms with Crippen molar-refractivity contribution in [3.8, 4) is 0 Å². The molecule has 112 valence electrons. The number of amides is 1. The fraction of sp³-hybridized carbons (Fsp3) is 0.467. The maximum absolute atomic E-state index is 12.4. The third-order valence-electron chi connectivity index (χ3n) is 4.30. The molecular formula is C15H20N4O2. The van der Waals surface area contributed by atoms with E-state index < -0.39 is 0 Å². The van der Waals surface area contributed by atoms with Crippen molar-refractivity contribution in [2.75, 3.05) is 13.1 Å². The predicted octanol–water partition coefficient (Wildman–Crippen LogP) is 1.03. The summed E-state index contributed by atoms with van der Waals surface area (Å²) in [6.07, 6.45) is 0.857. The van der Waals surface area contributed by atoms with Gasteiger partial charge in [0.15, 0.2) is 0 Å². The molecule has 2 unspecified atom stereocenters. The van der Waals surface area contributed by atoms with Gasteiger partial charge in [-0.15, -0.1) is 0 Å². The highest BCUT2D eigenvalue weighted by Crippen LogP contribution is 2.26. The van der Waals surface area contributed by atoms with E-state index in [2.05, 4.69) is 20.6 Å². The zero-order chi connectivity index (χ0) is 15.0. The lowest BCUT2D eigenvalue weighted by Gasteiger charge is -2.24. The minimum atomic E-state index is -0.333. The number of hydrogen-bond donors (Lipinski definition) is 4. The second-order valence-corrected chi connectivity index (χ2v) is 6.07. The highest BCUT2D eigenvalue weighted by molar-refractivity contribution is 5.83. The first-order valence-electron chi connectivity index (χ1n) is 7.22. The van der Waals surface area contributed by atoms with Crippen LogP contribution in [-0.4, -0.2) is 29.0 Å². The van der Waals surface area contributed by atoms with Crippen LogP contribution in [0.3, 0.4) is 0 Å². The predicted molar refractivity (Wildman–Crippen MR) is 81.1 cm³/mol. The van der Waals surface area contributed by atoms with Crippen LogP contribution in [0.5, 0.6) is 0 Å². The van der Waals surface area contributed by atoms with Crippen LogP contribution in [0, 0.1) is 5.41 Å². The van der Waals surface area contributed by atoms with Gasteiger partial charge in [0.05, 0.1) is 22.5 Å². The summed E-state index contributed by atoms with van der Waals surface area (Å²) in [5.74, 6) is 0.0719. The highest BCUT2D eigenvalue weighted by atomic mass is 16.2. The van der Waals surface area contributed by atoms with Crippen LogP contribution >= 0.6 is 0 Å². The Morgan fingerprint density at radius 2 is 2.10 bits per heavy atom. The van der Waals surface area contributed by atoms with E-state index in [1.165, 1.54) is 0 Å². The Hall–Kier alpha value is -2.08. The third-order valence-corrected chi connectivity index (χ3v) is 4.30. The monoisotopic (exact) mass is 288 g/mol. The number of aromatic nitrogens is 2. The number of imidazole rings is 1. The summed E-state index contributed by atoms with van der Waals surface area (Å²) in [5.41, 5.74) is 1.95. The topological polar surface area (TPSA) is 89.8 Å².